The van der Waals surface area contributed by atoms with Crippen molar-refractivity contribution in [3.63, 3.8) is 0 Å². The van der Waals surface area contributed by atoms with Crippen molar-refractivity contribution >= 4 is 7.94 Å². The van der Waals surface area contributed by atoms with E-state index in [1.54, 1.807) is 0 Å². The van der Waals surface area contributed by atoms with Crippen LogP contribution in [0.1, 0.15) is 0 Å². The Hall–Kier alpha value is 0.230. The molecule has 1 aliphatic rings. The van der Waals surface area contributed by atoms with Crippen molar-refractivity contribution in [1.29, 1.82) is 0 Å². The van der Waals surface area contributed by atoms with Crippen LogP contribution in [0.15, 0.2) is 0 Å². The number of hydrogen-bond acceptors (Lipinski definition) is 5. The summed E-state index contributed by atoms with van der Waals surface area (Å²) in [6.07, 6.45) is 0. The van der Waals surface area contributed by atoms with Gasteiger partial charge in [-0.2, -0.15) is 14.7 Å². The van der Waals surface area contributed by atoms with Crippen LogP contribution in [0.5, 0.6) is 0 Å². The van der Waals surface area contributed by atoms with Crippen LogP contribution in [0, 0.1) is 0 Å². The second kappa shape index (κ2) is 2.46. The molecule has 0 saturated carbocycles. The van der Waals surface area contributed by atoms with Crippen LogP contribution in [-0.4, -0.2) is 33.8 Å². The second-order valence-corrected chi connectivity index (χ2v) is 3.49. The Morgan fingerprint density at radius 3 is 2.33 bits per heavy atom. The molecule has 9 heavy (non-hydrogen) atoms. The van der Waals surface area contributed by atoms with E-state index in [0.717, 1.165) is 0 Å². The number of ether oxygens (including phenoxy) is 1. The highest BCUT2D eigenvalue weighted by Gasteiger charge is 2.46. The fourth-order valence-electron chi connectivity index (χ4n) is 0.634. The zero-order valence-electron chi connectivity index (χ0n) is 4.69. The first-order chi connectivity index (χ1) is 4.11. The Morgan fingerprint density at radius 2 is 2.11 bits per heavy atom. The molecule has 6 heteroatoms. The number of rotatable bonds is 1. The van der Waals surface area contributed by atoms with E-state index in [-0.39, 0.29) is 0 Å². The SMILES string of the molecule is O[P+](O)(O)C1NCCO1. The molecule has 0 bridgehead atoms. The average Bonchev–Trinajstić information content (AvgIpc) is 2.08. The lowest BCUT2D eigenvalue weighted by Gasteiger charge is -2.09. The maximum atomic E-state index is 8.55. The summed E-state index contributed by atoms with van der Waals surface area (Å²) in [5.41, 5.74) is 0. The van der Waals surface area contributed by atoms with E-state index in [4.69, 9.17) is 19.4 Å². The molecule has 1 aliphatic heterocycles. The standard InChI is InChI=1S/C3H9NO4P/c5-9(6,7)3-4-1-2-8-3/h3-7H,1-2H2/q+1. The van der Waals surface area contributed by atoms with Crippen molar-refractivity contribution < 1.29 is 19.4 Å². The lowest BCUT2D eigenvalue weighted by molar-refractivity contribution is 0.121. The molecular weight excluding hydrogens is 145 g/mol. The Labute approximate surface area is 52.9 Å². The Morgan fingerprint density at radius 1 is 1.44 bits per heavy atom. The van der Waals surface area contributed by atoms with Gasteiger partial charge in [0.05, 0.1) is 6.61 Å². The van der Waals surface area contributed by atoms with Crippen LogP contribution in [0.3, 0.4) is 0 Å². The van der Waals surface area contributed by atoms with Crippen molar-refractivity contribution in [3.8, 4) is 0 Å². The minimum absolute atomic E-state index is 0.411. The Balaban J connectivity index is 2.42. The van der Waals surface area contributed by atoms with Gasteiger partial charge in [-0.25, -0.2) is 5.32 Å². The molecule has 4 N–H and O–H groups in total. The minimum atomic E-state index is -3.80. The highest BCUT2D eigenvalue weighted by atomic mass is 31.2. The Bertz CT molecular complexity index is 96.5. The van der Waals surface area contributed by atoms with Gasteiger partial charge in [0.25, 0.3) is 0 Å². The van der Waals surface area contributed by atoms with Gasteiger partial charge < -0.3 is 4.74 Å². The molecule has 0 aromatic carbocycles. The van der Waals surface area contributed by atoms with E-state index >= 15 is 0 Å². The zero-order chi connectivity index (χ0) is 6.91. The first-order valence-electron chi connectivity index (χ1n) is 2.52. The normalized spacial score (nSPS) is 29.0. The van der Waals surface area contributed by atoms with E-state index in [1.165, 1.54) is 0 Å². The average molecular weight is 154 g/mol. The van der Waals surface area contributed by atoms with E-state index < -0.39 is 13.9 Å². The quantitative estimate of drug-likeness (QED) is 0.350. The third kappa shape index (κ3) is 1.82. The predicted molar refractivity (Wildman–Crippen MR) is 31.3 cm³/mol. The lowest BCUT2D eigenvalue weighted by atomic mass is 10.7. The molecule has 0 amide bonds. The molecule has 54 valence electrons. The first-order valence-corrected chi connectivity index (χ1v) is 4.24. The Kier molecular flexibility index (Phi) is 2.00. The molecule has 0 aliphatic carbocycles. The third-order valence-electron chi connectivity index (χ3n) is 1.01. The largest absolute Gasteiger partial charge is 0.451 e. The van der Waals surface area contributed by atoms with E-state index in [0.29, 0.717) is 13.2 Å². The molecule has 0 aromatic heterocycles. The summed E-state index contributed by atoms with van der Waals surface area (Å²) in [6, 6.07) is 0. The van der Waals surface area contributed by atoms with Gasteiger partial charge in [0.2, 0.25) is 0 Å². The lowest BCUT2D eigenvalue weighted by Crippen LogP contribution is -2.25. The minimum Gasteiger partial charge on any atom is -0.324 e. The van der Waals surface area contributed by atoms with Crippen molar-refractivity contribution in [1.82, 2.24) is 5.32 Å². The molecular formula is C3H9NO4P+. The molecule has 1 unspecified atom stereocenters. The fraction of sp³-hybridized carbons (Fsp3) is 1.00. The summed E-state index contributed by atoms with van der Waals surface area (Å²) in [6.45, 7) is 0.961. The topological polar surface area (TPSA) is 82.0 Å². The summed E-state index contributed by atoms with van der Waals surface area (Å²) >= 11 is 0. The predicted octanol–water partition coefficient (Wildman–Crippen LogP) is -1.37. The van der Waals surface area contributed by atoms with Crippen molar-refractivity contribution in [2.75, 3.05) is 13.2 Å². The second-order valence-electron chi connectivity index (χ2n) is 1.79. The summed E-state index contributed by atoms with van der Waals surface area (Å²) in [4.78, 5) is 25.7. The smallest absolute Gasteiger partial charge is 0.324 e. The van der Waals surface area contributed by atoms with Gasteiger partial charge in [-0.05, 0) is 0 Å². The van der Waals surface area contributed by atoms with Crippen LogP contribution >= 0.6 is 7.94 Å². The maximum absolute atomic E-state index is 8.55. The van der Waals surface area contributed by atoms with Crippen LogP contribution < -0.4 is 5.32 Å². The van der Waals surface area contributed by atoms with Gasteiger partial charge in [0.15, 0.2) is 0 Å². The van der Waals surface area contributed by atoms with E-state index in [2.05, 4.69) is 5.32 Å². The van der Waals surface area contributed by atoms with Gasteiger partial charge in [-0.3, -0.25) is 0 Å². The van der Waals surface area contributed by atoms with Gasteiger partial charge in [-0.1, -0.05) is 0 Å². The summed E-state index contributed by atoms with van der Waals surface area (Å²) < 4.78 is 4.71. The third-order valence-corrected chi connectivity index (χ3v) is 1.97. The van der Waals surface area contributed by atoms with Crippen LogP contribution in [0.2, 0.25) is 0 Å². The van der Waals surface area contributed by atoms with E-state index in [9.17, 15) is 0 Å². The summed E-state index contributed by atoms with van der Waals surface area (Å²) in [7, 11) is -3.80. The maximum Gasteiger partial charge on any atom is 0.451 e. The highest BCUT2D eigenvalue weighted by molar-refractivity contribution is 7.59. The molecule has 1 heterocycles. The molecule has 5 nitrogen and oxygen atoms in total. The first kappa shape index (κ1) is 7.34. The molecule has 1 fully saturated rings. The van der Waals surface area contributed by atoms with Crippen molar-refractivity contribution in [3.05, 3.63) is 0 Å². The van der Waals surface area contributed by atoms with Crippen LogP contribution in [0.4, 0.5) is 0 Å². The van der Waals surface area contributed by atoms with Crippen LogP contribution in [-0.2, 0) is 4.74 Å². The molecule has 0 radical (unpaired) electrons. The van der Waals surface area contributed by atoms with Crippen molar-refractivity contribution in [2.45, 2.75) is 5.97 Å². The van der Waals surface area contributed by atoms with Gasteiger partial charge in [0, 0.05) is 6.54 Å². The van der Waals surface area contributed by atoms with E-state index in [1.807, 2.05) is 0 Å². The summed E-state index contributed by atoms with van der Waals surface area (Å²) in [5, 5.41) is 2.57. The summed E-state index contributed by atoms with van der Waals surface area (Å²) in [5.74, 6) is -0.961. The van der Waals surface area contributed by atoms with Gasteiger partial charge >= 0.3 is 13.9 Å². The monoisotopic (exact) mass is 154 g/mol. The van der Waals surface area contributed by atoms with Gasteiger partial charge in [0.1, 0.15) is 0 Å². The molecule has 0 spiro atoms. The molecule has 1 rings (SSSR count). The van der Waals surface area contributed by atoms with Crippen LogP contribution in [0.25, 0.3) is 0 Å². The fourth-order valence-corrected chi connectivity index (χ4v) is 1.31. The highest BCUT2D eigenvalue weighted by Crippen LogP contribution is 2.50. The number of nitrogens with one attached hydrogen (secondary N) is 1. The molecule has 1 atom stereocenters. The molecule has 1 saturated heterocycles. The number of hydrogen-bond donors (Lipinski definition) is 4. The van der Waals surface area contributed by atoms with Crippen molar-refractivity contribution in [2.24, 2.45) is 0 Å². The van der Waals surface area contributed by atoms with Gasteiger partial charge in [-0.15, -0.1) is 0 Å². The molecule has 0 aromatic rings. The zero-order valence-corrected chi connectivity index (χ0v) is 5.58.